The van der Waals surface area contributed by atoms with Crippen molar-refractivity contribution in [2.75, 3.05) is 0 Å². The average Bonchev–Trinajstić information content (AvgIpc) is 2.67. The van der Waals surface area contributed by atoms with Gasteiger partial charge in [-0.1, -0.05) is 19.3 Å². The third-order valence-corrected chi connectivity index (χ3v) is 0.630. The fourth-order valence-corrected chi connectivity index (χ4v) is 0.117. The summed E-state index contributed by atoms with van der Waals surface area (Å²) in [5.74, 6) is -1.28. The van der Waals surface area contributed by atoms with Crippen molar-refractivity contribution in [3.63, 3.8) is 0 Å². The lowest BCUT2D eigenvalue weighted by molar-refractivity contribution is -0.255. The molecule has 11 heavy (non-hydrogen) atoms. The van der Waals surface area contributed by atoms with Crippen LogP contribution < -0.4 is 0 Å². The molecule has 1 saturated carbocycles. The van der Waals surface area contributed by atoms with Gasteiger partial charge in [0.2, 0.25) is 0 Å². The van der Waals surface area contributed by atoms with Crippen molar-refractivity contribution in [2.24, 2.45) is 0 Å². The van der Waals surface area contributed by atoms with Gasteiger partial charge in [0, 0.05) is 13.8 Å². The Balaban J connectivity index is 0.000000271. The second kappa shape index (κ2) is 5.70. The summed E-state index contributed by atoms with van der Waals surface area (Å²) in [6, 6.07) is 0. The smallest absolute Gasteiger partial charge is 0.248 e. The molecule has 0 aromatic carbocycles. The monoisotopic (exact) mass is 160 g/mol. The van der Waals surface area contributed by atoms with Gasteiger partial charge in [0.05, 0.1) is 0 Å². The maximum atomic E-state index is 9.85. The largest absolute Gasteiger partial charge is 0.352 e. The van der Waals surface area contributed by atoms with Crippen LogP contribution in [0.4, 0.5) is 0 Å². The van der Waals surface area contributed by atoms with E-state index >= 15 is 0 Å². The molecule has 0 radical (unpaired) electrons. The Kier molecular flexibility index (Phi) is 5.15. The Morgan fingerprint density at radius 3 is 1.27 bits per heavy atom. The highest BCUT2D eigenvalue weighted by Crippen LogP contribution is 2.14. The minimum atomic E-state index is -0.639. The number of carbonyl (C=O) groups excluding carboxylic acids is 2. The Bertz CT molecular complexity index is 123. The van der Waals surface area contributed by atoms with Gasteiger partial charge >= 0.3 is 11.9 Å². The van der Waals surface area contributed by atoms with Crippen LogP contribution in [0.15, 0.2) is 0 Å². The zero-order valence-electron chi connectivity index (χ0n) is 6.75. The van der Waals surface area contributed by atoms with E-state index in [0.29, 0.717) is 0 Å². The molecule has 0 atom stereocenters. The molecular weight excluding hydrogens is 148 g/mol. The van der Waals surface area contributed by atoms with Gasteiger partial charge in [-0.05, 0) is 0 Å². The lowest BCUT2D eigenvalue weighted by atomic mass is 10.8. The van der Waals surface area contributed by atoms with Gasteiger partial charge in [0.25, 0.3) is 0 Å². The van der Waals surface area contributed by atoms with Crippen molar-refractivity contribution < 1.29 is 19.4 Å². The summed E-state index contributed by atoms with van der Waals surface area (Å²) in [5, 5.41) is 0. The average molecular weight is 160 g/mol. The molecule has 0 saturated heterocycles. The molecule has 0 aromatic rings. The summed E-state index contributed by atoms with van der Waals surface area (Å²) in [6.07, 6.45) is 4.50. The molecule has 1 rings (SSSR count). The molecule has 1 fully saturated rings. The van der Waals surface area contributed by atoms with Crippen LogP contribution in [-0.2, 0) is 19.4 Å². The molecule has 4 heteroatoms. The van der Waals surface area contributed by atoms with E-state index < -0.39 is 11.9 Å². The summed E-state index contributed by atoms with van der Waals surface area (Å²) >= 11 is 0. The fourth-order valence-electron chi connectivity index (χ4n) is 0.117. The molecule has 0 aliphatic heterocycles. The molecule has 0 spiro atoms. The van der Waals surface area contributed by atoms with E-state index in [1.165, 1.54) is 19.3 Å². The van der Waals surface area contributed by atoms with Gasteiger partial charge in [-0.25, -0.2) is 19.4 Å². The second-order valence-electron chi connectivity index (χ2n) is 2.21. The minimum absolute atomic E-state index is 0.639. The molecule has 1 aliphatic carbocycles. The van der Waals surface area contributed by atoms with Crippen LogP contribution in [0.3, 0.4) is 0 Å². The van der Waals surface area contributed by atoms with Gasteiger partial charge in [-0.2, -0.15) is 0 Å². The highest BCUT2D eigenvalue weighted by molar-refractivity contribution is 5.69. The molecule has 0 unspecified atom stereocenters. The van der Waals surface area contributed by atoms with Gasteiger partial charge in [-0.15, -0.1) is 0 Å². The molecule has 0 amide bonds. The summed E-state index contributed by atoms with van der Waals surface area (Å²) in [5.41, 5.74) is 0. The first-order valence-electron chi connectivity index (χ1n) is 3.48. The van der Waals surface area contributed by atoms with Crippen molar-refractivity contribution in [3.8, 4) is 0 Å². The normalized spacial score (nSPS) is 12.2. The molecule has 4 nitrogen and oxygen atoms in total. The first-order valence-corrected chi connectivity index (χ1v) is 3.48. The Hall–Kier alpha value is -1.06. The number of hydrogen-bond acceptors (Lipinski definition) is 4. The third-order valence-electron chi connectivity index (χ3n) is 0.630. The van der Waals surface area contributed by atoms with Crippen LogP contribution in [0, 0.1) is 0 Å². The summed E-state index contributed by atoms with van der Waals surface area (Å²) in [7, 11) is 0. The van der Waals surface area contributed by atoms with Crippen molar-refractivity contribution in [1.29, 1.82) is 0 Å². The van der Waals surface area contributed by atoms with Gasteiger partial charge in [0.1, 0.15) is 0 Å². The highest BCUT2D eigenvalue weighted by Gasteiger charge is 1.95. The molecule has 64 valence electrons. The first-order chi connectivity index (χ1) is 5.13. The zero-order valence-corrected chi connectivity index (χ0v) is 6.75. The maximum absolute atomic E-state index is 9.85. The molecule has 0 aromatic heterocycles. The quantitative estimate of drug-likeness (QED) is 0.394. The predicted octanol–water partition coefficient (Wildman–Crippen LogP) is 1.20. The lowest BCUT2D eigenvalue weighted by Crippen LogP contribution is -2.03. The Morgan fingerprint density at radius 2 is 1.18 bits per heavy atom. The second-order valence-corrected chi connectivity index (χ2v) is 2.21. The minimum Gasteiger partial charge on any atom is -0.248 e. The van der Waals surface area contributed by atoms with Crippen LogP contribution in [-0.4, -0.2) is 11.9 Å². The topological polar surface area (TPSA) is 52.6 Å². The van der Waals surface area contributed by atoms with Crippen LogP contribution in [0.2, 0.25) is 0 Å². The van der Waals surface area contributed by atoms with E-state index in [1.54, 1.807) is 0 Å². The van der Waals surface area contributed by atoms with E-state index in [4.69, 9.17) is 0 Å². The highest BCUT2D eigenvalue weighted by atomic mass is 17.2. The number of carbonyl (C=O) groups is 2. The zero-order chi connectivity index (χ0) is 8.69. The number of rotatable bonds is 0. The maximum Gasteiger partial charge on any atom is 0.352 e. The van der Waals surface area contributed by atoms with E-state index in [0.717, 1.165) is 13.8 Å². The SMILES string of the molecule is C1CC1.CC(=O)OOC(C)=O. The van der Waals surface area contributed by atoms with Gasteiger partial charge in [-0.3, -0.25) is 0 Å². The van der Waals surface area contributed by atoms with E-state index in [2.05, 4.69) is 9.78 Å². The van der Waals surface area contributed by atoms with Crippen LogP contribution in [0.25, 0.3) is 0 Å². The fraction of sp³-hybridized carbons (Fsp3) is 0.714. The van der Waals surface area contributed by atoms with Crippen molar-refractivity contribution in [2.45, 2.75) is 33.1 Å². The van der Waals surface area contributed by atoms with Crippen molar-refractivity contribution in [3.05, 3.63) is 0 Å². The van der Waals surface area contributed by atoms with Crippen molar-refractivity contribution >= 4 is 11.9 Å². The first kappa shape index (κ1) is 9.94. The van der Waals surface area contributed by atoms with Crippen LogP contribution in [0.5, 0.6) is 0 Å². The predicted molar refractivity (Wildman–Crippen MR) is 37.4 cm³/mol. The van der Waals surface area contributed by atoms with Crippen LogP contribution >= 0.6 is 0 Å². The molecule has 0 N–H and O–H groups in total. The van der Waals surface area contributed by atoms with Crippen LogP contribution in [0.1, 0.15) is 33.1 Å². The van der Waals surface area contributed by atoms with Gasteiger partial charge < -0.3 is 0 Å². The van der Waals surface area contributed by atoms with E-state index in [-0.39, 0.29) is 0 Å². The standard InChI is InChI=1S/C4H6O4.C3H6/c1-3(5)7-8-4(2)6;1-2-3-1/h1-2H3;1-3H2. The summed E-state index contributed by atoms with van der Waals surface area (Å²) in [4.78, 5) is 27.3. The Labute approximate surface area is 65.4 Å². The Morgan fingerprint density at radius 1 is 0.909 bits per heavy atom. The van der Waals surface area contributed by atoms with Crippen molar-refractivity contribution in [1.82, 2.24) is 0 Å². The molecular formula is C7H12O4. The van der Waals surface area contributed by atoms with Gasteiger partial charge in [0.15, 0.2) is 0 Å². The summed E-state index contributed by atoms with van der Waals surface area (Å²) in [6.45, 7) is 2.28. The third kappa shape index (κ3) is 17.6. The summed E-state index contributed by atoms with van der Waals surface area (Å²) < 4.78 is 0. The molecule has 1 aliphatic rings. The number of hydrogen-bond donors (Lipinski definition) is 0. The molecule has 0 bridgehead atoms. The van der Waals surface area contributed by atoms with E-state index in [9.17, 15) is 9.59 Å². The van der Waals surface area contributed by atoms with E-state index in [1.807, 2.05) is 0 Å². The molecule has 0 heterocycles. The lowest BCUT2D eigenvalue weighted by Gasteiger charge is -1.93.